The molecule has 1 fully saturated rings. The third kappa shape index (κ3) is 6.45. The molecule has 3 nitrogen and oxygen atoms in total. The van der Waals surface area contributed by atoms with Crippen LogP contribution in [-0.2, 0) is 24.1 Å². The average molecular weight is 519 g/mol. The highest BCUT2D eigenvalue weighted by molar-refractivity contribution is 6.31. The van der Waals surface area contributed by atoms with Crippen molar-refractivity contribution in [3.05, 3.63) is 105 Å². The lowest BCUT2D eigenvalue weighted by molar-refractivity contribution is -0.137. The number of likely N-dealkylation sites (tertiary alicyclic amines) is 1. The van der Waals surface area contributed by atoms with Crippen LogP contribution < -0.4 is 5.32 Å². The Morgan fingerprint density at radius 1 is 1.06 bits per heavy atom. The Morgan fingerprint density at radius 2 is 1.83 bits per heavy atom. The van der Waals surface area contributed by atoms with E-state index in [0.29, 0.717) is 42.2 Å². The molecular formula is C28H27ClF4N2O. The largest absolute Gasteiger partial charge is 0.416 e. The molecule has 0 saturated carbocycles. The van der Waals surface area contributed by atoms with Crippen LogP contribution in [0.25, 0.3) is 0 Å². The topological polar surface area (TPSA) is 32.3 Å². The van der Waals surface area contributed by atoms with Crippen molar-refractivity contribution in [3.8, 4) is 0 Å². The Kier molecular flexibility index (Phi) is 8.00. The molecule has 4 rings (SSSR count). The molecule has 3 aromatic rings. The predicted octanol–water partition coefficient (Wildman–Crippen LogP) is 6.73. The van der Waals surface area contributed by atoms with Crippen molar-refractivity contribution in [1.82, 2.24) is 10.2 Å². The third-order valence-corrected chi connectivity index (χ3v) is 6.99. The van der Waals surface area contributed by atoms with Gasteiger partial charge in [0.25, 0.3) is 0 Å². The van der Waals surface area contributed by atoms with Gasteiger partial charge in [0.05, 0.1) is 11.5 Å². The van der Waals surface area contributed by atoms with Crippen LogP contribution in [0.4, 0.5) is 17.6 Å². The molecule has 1 aliphatic heterocycles. The first-order valence-corrected chi connectivity index (χ1v) is 12.1. The fourth-order valence-electron chi connectivity index (χ4n) is 4.73. The summed E-state index contributed by atoms with van der Waals surface area (Å²) in [6, 6.07) is 17.5. The summed E-state index contributed by atoms with van der Waals surface area (Å²) < 4.78 is 53.0. The van der Waals surface area contributed by atoms with Crippen LogP contribution in [0.3, 0.4) is 0 Å². The molecule has 1 amide bonds. The smallest absolute Gasteiger partial charge is 0.352 e. The second-order valence-electron chi connectivity index (χ2n) is 9.34. The van der Waals surface area contributed by atoms with Gasteiger partial charge in [-0.05, 0) is 65.8 Å². The van der Waals surface area contributed by atoms with E-state index in [1.807, 2.05) is 30.3 Å². The first-order chi connectivity index (χ1) is 17.1. The van der Waals surface area contributed by atoms with Gasteiger partial charge in [-0.15, -0.1) is 0 Å². The van der Waals surface area contributed by atoms with Crippen LogP contribution in [0.1, 0.15) is 40.2 Å². The van der Waals surface area contributed by atoms with Gasteiger partial charge in [-0.25, -0.2) is 4.39 Å². The number of hydrogen-bond acceptors (Lipinski definition) is 2. The molecule has 36 heavy (non-hydrogen) atoms. The number of alkyl halides is 3. The van der Waals surface area contributed by atoms with E-state index in [1.54, 1.807) is 19.1 Å². The zero-order valence-corrected chi connectivity index (χ0v) is 20.5. The van der Waals surface area contributed by atoms with Crippen LogP contribution >= 0.6 is 11.6 Å². The minimum absolute atomic E-state index is 0.00406. The van der Waals surface area contributed by atoms with Crippen molar-refractivity contribution in [2.45, 2.75) is 38.5 Å². The maximum Gasteiger partial charge on any atom is 0.416 e. The van der Waals surface area contributed by atoms with Gasteiger partial charge in [0.15, 0.2) is 0 Å². The van der Waals surface area contributed by atoms with Crippen molar-refractivity contribution < 1.29 is 22.4 Å². The molecule has 190 valence electrons. The van der Waals surface area contributed by atoms with Gasteiger partial charge in [-0.1, -0.05) is 54.1 Å². The molecule has 1 saturated heterocycles. The van der Waals surface area contributed by atoms with Gasteiger partial charge in [0.2, 0.25) is 5.91 Å². The number of halogens is 5. The monoisotopic (exact) mass is 518 g/mol. The number of carbonyl (C=O) groups excluding carboxylic acids is 1. The van der Waals surface area contributed by atoms with Crippen LogP contribution in [0.15, 0.2) is 66.7 Å². The number of rotatable bonds is 6. The van der Waals surface area contributed by atoms with Gasteiger partial charge in [0, 0.05) is 31.2 Å². The number of piperidine rings is 1. The van der Waals surface area contributed by atoms with Crippen molar-refractivity contribution in [3.63, 3.8) is 0 Å². The van der Waals surface area contributed by atoms with Crippen LogP contribution in [0.5, 0.6) is 0 Å². The standard InChI is InChI=1S/C28H27ClF4N2O/c1-18-11-20(9-10-26(18)30)22-13-23(17-35(16-22)15-21-6-2-3-8-25(21)29)27(36)34-14-19-5-4-7-24(12-19)28(31,32)33/h2-12,22-23H,13-17H2,1H3,(H,34,36)/t22-,23+/m1/s1. The zero-order chi connectivity index (χ0) is 25.9. The molecule has 3 aromatic carbocycles. The Balaban J connectivity index is 1.51. The molecule has 2 atom stereocenters. The summed E-state index contributed by atoms with van der Waals surface area (Å²) >= 11 is 6.37. The van der Waals surface area contributed by atoms with E-state index in [1.165, 1.54) is 12.1 Å². The van der Waals surface area contributed by atoms with E-state index in [2.05, 4.69) is 10.2 Å². The van der Waals surface area contributed by atoms with Gasteiger partial charge >= 0.3 is 6.18 Å². The molecule has 0 aromatic heterocycles. The molecule has 0 bridgehead atoms. The Hall–Kier alpha value is -2.90. The van der Waals surface area contributed by atoms with Gasteiger partial charge < -0.3 is 5.32 Å². The number of benzene rings is 3. The Labute approximate surface area is 213 Å². The highest BCUT2D eigenvalue weighted by Crippen LogP contribution is 2.33. The molecular weight excluding hydrogens is 492 g/mol. The summed E-state index contributed by atoms with van der Waals surface area (Å²) in [6.45, 7) is 3.42. The molecule has 0 radical (unpaired) electrons. The highest BCUT2D eigenvalue weighted by Gasteiger charge is 2.33. The van der Waals surface area contributed by atoms with E-state index < -0.39 is 11.7 Å². The van der Waals surface area contributed by atoms with E-state index in [4.69, 9.17) is 11.6 Å². The summed E-state index contributed by atoms with van der Waals surface area (Å²) in [4.78, 5) is 15.3. The summed E-state index contributed by atoms with van der Waals surface area (Å²) in [5.41, 5.74) is 2.07. The average Bonchev–Trinajstić information content (AvgIpc) is 2.85. The van der Waals surface area contributed by atoms with Crippen LogP contribution in [-0.4, -0.2) is 23.9 Å². The molecule has 0 spiro atoms. The number of nitrogens with zero attached hydrogens (tertiary/aromatic N) is 1. The lowest BCUT2D eigenvalue weighted by atomic mass is 9.83. The normalized spacial score (nSPS) is 18.7. The highest BCUT2D eigenvalue weighted by atomic mass is 35.5. The third-order valence-electron chi connectivity index (χ3n) is 6.62. The molecule has 8 heteroatoms. The Bertz CT molecular complexity index is 1230. The summed E-state index contributed by atoms with van der Waals surface area (Å²) in [7, 11) is 0. The number of carbonyl (C=O) groups is 1. The van der Waals surface area contributed by atoms with E-state index in [-0.39, 0.29) is 30.1 Å². The van der Waals surface area contributed by atoms with Crippen molar-refractivity contribution in [1.29, 1.82) is 0 Å². The summed E-state index contributed by atoms with van der Waals surface area (Å²) in [6.07, 6.45) is -3.89. The predicted molar refractivity (Wildman–Crippen MR) is 132 cm³/mol. The summed E-state index contributed by atoms with van der Waals surface area (Å²) in [5.74, 6) is -0.898. The van der Waals surface area contributed by atoms with Crippen LogP contribution in [0.2, 0.25) is 5.02 Å². The number of hydrogen-bond donors (Lipinski definition) is 1. The molecule has 1 heterocycles. The Morgan fingerprint density at radius 3 is 2.56 bits per heavy atom. The summed E-state index contributed by atoms with van der Waals surface area (Å²) in [5, 5.41) is 3.46. The maximum atomic E-state index is 13.9. The molecule has 0 unspecified atom stereocenters. The van der Waals surface area contributed by atoms with Gasteiger partial charge in [-0.2, -0.15) is 13.2 Å². The van der Waals surface area contributed by atoms with Gasteiger partial charge in [-0.3, -0.25) is 9.69 Å². The SMILES string of the molecule is Cc1cc([C@@H]2C[C@H](C(=O)NCc3cccc(C(F)(F)F)c3)CN(Cc3ccccc3Cl)C2)ccc1F. The first kappa shape index (κ1) is 26.2. The second-order valence-corrected chi connectivity index (χ2v) is 9.75. The molecule has 1 N–H and O–H groups in total. The molecule has 0 aliphatic carbocycles. The van der Waals surface area contributed by atoms with Crippen LogP contribution in [0, 0.1) is 18.7 Å². The van der Waals surface area contributed by atoms with Crippen molar-refractivity contribution >= 4 is 17.5 Å². The second kappa shape index (κ2) is 11.0. The number of nitrogens with one attached hydrogen (secondary N) is 1. The number of amides is 1. The number of aryl methyl sites for hydroxylation is 1. The van der Waals surface area contributed by atoms with E-state index >= 15 is 0 Å². The lowest BCUT2D eigenvalue weighted by Crippen LogP contribution is -2.45. The lowest BCUT2D eigenvalue weighted by Gasteiger charge is -2.37. The van der Waals surface area contributed by atoms with Gasteiger partial charge in [0.1, 0.15) is 5.82 Å². The van der Waals surface area contributed by atoms with Crippen molar-refractivity contribution in [2.75, 3.05) is 13.1 Å². The van der Waals surface area contributed by atoms with E-state index in [9.17, 15) is 22.4 Å². The zero-order valence-electron chi connectivity index (χ0n) is 19.8. The van der Waals surface area contributed by atoms with Crippen molar-refractivity contribution in [2.24, 2.45) is 5.92 Å². The fraction of sp³-hybridized carbons (Fsp3) is 0.321. The quantitative estimate of drug-likeness (QED) is 0.367. The fourth-order valence-corrected chi connectivity index (χ4v) is 4.93. The maximum absolute atomic E-state index is 13.9. The minimum atomic E-state index is -4.44. The first-order valence-electron chi connectivity index (χ1n) is 11.8. The van der Waals surface area contributed by atoms with E-state index in [0.717, 1.165) is 23.3 Å². The minimum Gasteiger partial charge on any atom is -0.352 e. The molecule has 1 aliphatic rings.